The molecule has 18 heavy (non-hydrogen) atoms. The number of hydrogen-bond donors (Lipinski definition) is 0. The summed E-state index contributed by atoms with van der Waals surface area (Å²) in [6, 6.07) is 5.90. The van der Waals surface area contributed by atoms with E-state index in [2.05, 4.69) is 4.90 Å². The number of likely N-dealkylation sites (tertiary alicyclic amines) is 1. The van der Waals surface area contributed by atoms with Crippen molar-refractivity contribution < 1.29 is 13.9 Å². The first-order chi connectivity index (χ1) is 8.70. The summed E-state index contributed by atoms with van der Waals surface area (Å²) >= 11 is 0. The first kappa shape index (κ1) is 11.8. The van der Waals surface area contributed by atoms with Crippen LogP contribution in [-0.4, -0.2) is 42.5 Å². The fraction of sp³-hybridized carbons (Fsp3) is 0.500. The molecule has 0 amide bonds. The van der Waals surface area contributed by atoms with Crippen LogP contribution in [0.25, 0.3) is 0 Å². The van der Waals surface area contributed by atoms with E-state index in [0.717, 1.165) is 25.9 Å². The van der Waals surface area contributed by atoms with E-state index in [9.17, 15) is 9.18 Å². The fourth-order valence-electron chi connectivity index (χ4n) is 2.78. The van der Waals surface area contributed by atoms with Crippen LogP contribution in [0.4, 0.5) is 4.39 Å². The summed E-state index contributed by atoms with van der Waals surface area (Å²) in [4.78, 5) is 14.2. The first-order valence-corrected chi connectivity index (χ1v) is 6.37. The third-order valence-corrected chi connectivity index (χ3v) is 3.63. The average Bonchev–Trinajstić information content (AvgIpc) is 2.69. The molecule has 0 N–H and O–H groups in total. The van der Waals surface area contributed by atoms with E-state index in [4.69, 9.17) is 4.74 Å². The number of Topliss-reactive ketones (excluding diaryl/α,β-unsaturated/α-hetero) is 1. The molecule has 3 rings (SSSR count). The predicted octanol–water partition coefficient (Wildman–Crippen LogP) is 1.87. The zero-order valence-corrected chi connectivity index (χ0v) is 10.1. The van der Waals surface area contributed by atoms with Gasteiger partial charge in [0.2, 0.25) is 0 Å². The molecule has 0 radical (unpaired) electrons. The normalized spacial score (nSPS) is 27.4. The monoisotopic (exact) mass is 249 g/mol. The number of rotatable bonds is 3. The molecular formula is C14H16FNO2. The highest BCUT2D eigenvalue weighted by atomic mass is 19.1. The Balaban J connectivity index is 1.64. The molecule has 2 fully saturated rings. The molecular weight excluding hydrogens is 233 g/mol. The molecule has 96 valence electrons. The lowest BCUT2D eigenvalue weighted by molar-refractivity contribution is -0.0355. The van der Waals surface area contributed by atoms with Gasteiger partial charge in [-0.15, -0.1) is 0 Å². The van der Waals surface area contributed by atoms with E-state index < -0.39 is 0 Å². The second-order valence-electron chi connectivity index (χ2n) is 5.09. The maximum absolute atomic E-state index is 13.1. The quantitative estimate of drug-likeness (QED) is 0.766. The number of carbonyl (C=O) groups is 1. The minimum atomic E-state index is -0.358. The molecule has 0 spiro atoms. The Morgan fingerprint density at radius 2 is 2.06 bits per heavy atom. The number of carbonyl (C=O) groups excluding carboxylic acids is 1. The van der Waals surface area contributed by atoms with Crippen LogP contribution < -0.4 is 0 Å². The fourth-order valence-corrected chi connectivity index (χ4v) is 2.78. The van der Waals surface area contributed by atoms with Crippen molar-refractivity contribution >= 4 is 5.78 Å². The van der Waals surface area contributed by atoms with Crippen LogP contribution in [0.3, 0.4) is 0 Å². The smallest absolute Gasteiger partial charge is 0.176 e. The Hall–Kier alpha value is -1.26. The van der Waals surface area contributed by atoms with Crippen LogP contribution in [-0.2, 0) is 4.74 Å². The van der Waals surface area contributed by atoms with Gasteiger partial charge < -0.3 is 4.74 Å². The third kappa shape index (κ3) is 2.44. The molecule has 2 atom stereocenters. The Morgan fingerprint density at radius 3 is 2.72 bits per heavy atom. The van der Waals surface area contributed by atoms with Gasteiger partial charge in [0.1, 0.15) is 5.82 Å². The number of ketones is 1. The maximum Gasteiger partial charge on any atom is 0.176 e. The van der Waals surface area contributed by atoms with Gasteiger partial charge in [-0.3, -0.25) is 9.69 Å². The van der Waals surface area contributed by atoms with Gasteiger partial charge in [0.05, 0.1) is 18.8 Å². The summed E-state index contributed by atoms with van der Waals surface area (Å²) in [5, 5.41) is 0. The number of nitrogens with zero attached hydrogens (tertiary/aromatic N) is 1. The lowest BCUT2D eigenvalue weighted by atomic mass is 10.1. The third-order valence-electron chi connectivity index (χ3n) is 3.63. The van der Waals surface area contributed by atoms with Crippen LogP contribution in [0.5, 0.6) is 0 Å². The van der Waals surface area contributed by atoms with Gasteiger partial charge in [-0.25, -0.2) is 4.39 Å². The van der Waals surface area contributed by atoms with Crippen molar-refractivity contribution in [3.8, 4) is 0 Å². The second kappa shape index (κ2) is 4.78. The molecule has 2 aliphatic heterocycles. The van der Waals surface area contributed by atoms with Crippen LogP contribution >= 0.6 is 0 Å². The first-order valence-electron chi connectivity index (χ1n) is 6.37. The van der Waals surface area contributed by atoms with Gasteiger partial charge in [-0.05, 0) is 25.0 Å². The molecule has 3 nitrogen and oxygen atoms in total. The lowest BCUT2D eigenvalue weighted by Crippen LogP contribution is -2.44. The summed E-state index contributed by atoms with van der Waals surface area (Å²) in [5.41, 5.74) is 0.453. The molecule has 1 aromatic carbocycles. The Labute approximate surface area is 106 Å². The standard InChI is InChI=1S/C14H16FNO2/c15-11-3-1-2-10(6-11)14(17)9-16-7-12-4-5-13(8-16)18-12/h1-3,6,12-13H,4-5,7-9H2. The van der Waals surface area contributed by atoms with Gasteiger partial charge in [-0.1, -0.05) is 12.1 Å². The molecule has 2 unspecified atom stereocenters. The minimum Gasteiger partial charge on any atom is -0.372 e. The minimum absolute atomic E-state index is 0.0178. The van der Waals surface area contributed by atoms with E-state index in [1.54, 1.807) is 12.1 Å². The summed E-state index contributed by atoms with van der Waals surface area (Å²) in [6.07, 6.45) is 2.75. The Kier molecular flexibility index (Phi) is 3.14. The highest BCUT2D eigenvalue weighted by molar-refractivity contribution is 5.97. The summed E-state index contributed by atoms with van der Waals surface area (Å²) < 4.78 is 18.8. The van der Waals surface area contributed by atoms with Crippen molar-refractivity contribution in [1.82, 2.24) is 4.90 Å². The molecule has 0 aromatic heterocycles. The van der Waals surface area contributed by atoms with Crippen molar-refractivity contribution in [1.29, 1.82) is 0 Å². The number of hydrogen-bond acceptors (Lipinski definition) is 3. The van der Waals surface area contributed by atoms with Crippen molar-refractivity contribution in [2.45, 2.75) is 25.0 Å². The molecule has 2 heterocycles. The predicted molar refractivity (Wildman–Crippen MR) is 65.1 cm³/mol. The topological polar surface area (TPSA) is 29.5 Å². The van der Waals surface area contributed by atoms with Gasteiger partial charge in [0, 0.05) is 18.7 Å². The highest BCUT2D eigenvalue weighted by Crippen LogP contribution is 2.26. The van der Waals surface area contributed by atoms with Crippen LogP contribution in [0.2, 0.25) is 0 Å². The summed E-state index contributed by atoms with van der Waals surface area (Å²) in [6.45, 7) is 1.99. The number of morpholine rings is 1. The van der Waals surface area contributed by atoms with Crippen molar-refractivity contribution in [2.75, 3.05) is 19.6 Å². The van der Waals surface area contributed by atoms with Gasteiger partial charge in [-0.2, -0.15) is 0 Å². The number of benzene rings is 1. The van der Waals surface area contributed by atoms with Gasteiger partial charge in [0.15, 0.2) is 5.78 Å². The van der Waals surface area contributed by atoms with E-state index in [0.29, 0.717) is 12.1 Å². The zero-order chi connectivity index (χ0) is 12.5. The molecule has 2 saturated heterocycles. The molecule has 4 heteroatoms. The second-order valence-corrected chi connectivity index (χ2v) is 5.09. The van der Waals surface area contributed by atoms with Crippen molar-refractivity contribution in [3.63, 3.8) is 0 Å². The lowest BCUT2D eigenvalue weighted by Gasteiger charge is -2.31. The zero-order valence-electron chi connectivity index (χ0n) is 10.1. The van der Waals surface area contributed by atoms with E-state index in [1.165, 1.54) is 12.1 Å². The van der Waals surface area contributed by atoms with E-state index >= 15 is 0 Å². The van der Waals surface area contributed by atoms with Crippen LogP contribution in [0.15, 0.2) is 24.3 Å². The SMILES string of the molecule is O=C(CN1CC2CCC(C1)O2)c1cccc(F)c1. The van der Waals surface area contributed by atoms with E-state index in [1.807, 2.05) is 0 Å². The van der Waals surface area contributed by atoms with E-state index in [-0.39, 0.29) is 23.8 Å². The molecule has 0 saturated carbocycles. The van der Waals surface area contributed by atoms with Gasteiger partial charge >= 0.3 is 0 Å². The number of halogens is 1. The van der Waals surface area contributed by atoms with Gasteiger partial charge in [0.25, 0.3) is 0 Å². The largest absolute Gasteiger partial charge is 0.372 e. The molecule has 2 aliphatic rings. The number of ether oxygens (including phenoxy) is 1. The van der Waals surface area contributed by atoms with Crippen molar-refractivity contribution in [3.05, 3.63) is 35.6 Å². The summed E-state index contributed by atoms with van der Waals surface area (Å²) in [5.74, 6) is -0.376. The Morgan fingerprint density at radius 1 is 1.33 bits per heavy atom. The summed E-state index contributed by atoms with van der Waals surface area (Å²) in [7, 11) is 0. The maximum atomic E-state index is 13.1. The average molecular weight is 249 g/mol. The number of fused-ring (bicyclic) bond motifs is 2. The molecule has 1 aromatic rings. The molecule has 0 aliphatic carbocycles. The Bertz CT molecular complexity index is 451. The van der Waals surface area contributed by atoms with Crippen molar-refractivity contribution in [2.24, 2.45) is 0 Å². The van der Waals surface area contributed by atoms with Crippen LogP contribution in [0.1, 0.15) is 23.2 Å². The van der Waals surface area contributed by atoms with Crippen LogP contribution in [0, 0.1) is 5.82 Å². The highest BCUT2D eigenvalue weighted by Gasteiger charge is 2.34. The molecule has 2 bridgehead atoms.